The lowest BCUT2D eigenvalue weighted by Gasteiger charge is -2.35. The van der Waals surface area contributed by atoms with E-state index >= 15 is 0 Å². The largest absolute Gasteiger partial charge is 0.506 e. The number of aromatic hydroxyl groups is 1. The van der Waals surface area contributed by atoms with Crippen LogP contribution >= 0.6 is 24.8 Å². The van der Waals surface area contributed by atoms with E-state index < -0.39 is 5.82 Å². The van der Waals surface area contributed by atoms with Crippen LogP contribution in [0, 0.1) is 17.1 Å². The molecule has 1 saturated heterocycles. The number of rotatable bonds is 5. The Balaban J connectivity index is 0.00000242. The standard InChI is InChI=1S/C16H20FN3O.2ClH/c1-2-3-4-15(20-9-7-19-8-10-20)12-5-6-14(17)13(11-18)16(12)21;;/h2,5-6,15,19,21H,1,3-4,7-10H2;2*1H/t15-;;/m1../s1. The summed E-state index contributed by atoms with van der Waals surface area (Å²) in [7, 11) is 0. The molecule has 1 fully saturated rings. The van der Waals surface area contributed by atoms with E-state index in [0.29, 0.717) is 5.56 Å². The van der Waals surface area contributed by atoms with E-state index in [1.165, 1.54) is 6.07 Å². The number of nitrogens with one attached hydrogen (secondary N) is 1. The van der Waals surface area contributed by atoms with Gasteiger partial charge in [0, 0.05) is 37.8 Å². The van der Waals surface area contributed by atoms with Gasteiger partial charge in [0.25, 0.3) is 0 Å². The smallest absolute Gasteiger partial charge is 0.144 e. The molecule has 1 heterocycles. The molecule has 0 bridgehead atoms. The SMILES string of the molecule is C=CCC[C@H](c1ccc(F)c(C#N)c1O)N1CCNCC1.Cl.Cl. The molecule has 7 heteroatoms. The molecule has 128 valence electrons. The number of halogens is 3. The summed E-state index contributed by atoms with van der Waals surface area (Å²) < 4.78 is 13.6. The minimum Gasteiger partial charge on any atom is -0.506 e. The quantitative estimate of drug-likeness (QED) is 0.790. The summed E-state index contributed by atoms with van der Waals surface area (Å²) >= 11 is 0. The van der Waals surface area contributed by atoms with E-state index in [2.05, 4.69) is 16.8 Å². The molecule has 0 aromatic heterocycles. The van der Waals surface area contributed by atoms with Crippen LogP contribution in [0.3, 0.4) is 0 Å². The van der Waals surface area contributed by atoms with Crippen molar-refractivity contribution in [2.45, 2.75) is 18.9 Å². The van der Waals surface area contributed by atoms with Crippen molar-refractivity contribution < 1.29 is 9.50 Å². The summed E-state index contributed by atoms with van der Waals surface area (Å²) in [5, 5.41) is 22.5. The highest BCUT2D eigenvalue weighted by Crippen LogP contribution is 2.35. The predicted octanol–water partition coefficient (Wildman–Crippen LogP) is 3.16. The summed E-state index contributed by atoms with van der Waals surface area (Å²) in [5.74, 6) is -0.911. The molecule has 0 aliphatic carbocycles. The molecule has 1 atom stereocenters. The molecule has 0 unspecified atom stereocenters. The second-order valence-corrected chi connectivity index (χ2v) is 5.14. The minimum atomic E-state index is -0.679. The van der Waals surface area contributed by atoms with Gasteiger partial charge in [0.1, 0.15) is 23.2 Å². The first-order valence-corrected chi connectivity index (χ1v) is 7.16. The van der Waals surface area contributed by atoms with E-state index in [-0.39, 0.29) is 42.2 Å². The molecular formula is C16H22Cl2FN3O. The molecular weight excluding hydrogens is 340 g/mol. The maximum atomic E-state index is 13.6. The summed E-state index contributed by atoms with van der Waals surface area (Å²) in [6.07, 6.45) is 3.42. The summed E-state index contributed by atoms with van der Waals surface area (Å²) in [5.41, 5.74) is 0.350. The van der Waals surface area contributed by atoms with Gasteiger partial charge in [-0.1, -0.05) is 12.1 Å². The highest BCUT2D eigenvalue weighted by Gasteiger charge is 2.26. The van der Waals surface area contributed by atoms with Crippen molar-refractivity contribution in [3.8, 4) is 11.8 Å². The molecule has 1 aliphatic rings. The second kappa shape index (κ2) is 10.5. The lowest BCUT2D eigenvalue weighted by atomic mass is 9.96. The minimum absolute atomic E-state index is 0. The third kappa shape index (κ3) is 5.08. The van der Waals surface area contributed by atoms with Gasteiger partial charge in [-0.3, -0.25) is 4.90 Å². The first-order valence-electron chi connectivity index (χ1n) is 7.16. The number of hydrogen-bond acceptors (Lipinski definition) is 4. The summed E-state index contributed by atoms with van der Waals surface area (Å²) in [6, 6.07) is 4.56. The van der Waals surface area contributed by atoms with Crippen LogP contribution in [0.25, 0.3) is 0 Å². The normalized spacial score (nSPS) is 15.7. The highest BCUT2D eigenvalue weighted by molar-refractivity contribution is 5.85. The molecule has 0 amide bonds. The average Bonchev–Trinajstić information content (AvgIpc) is 2.51. The molecule has 1 aliphatic heterocycles. The van der Waals surface area contributed by atoms with Gasteiger partial charge in [-0.15, -0.1) is 31.4 Å². The van der Waals surface area contributed by atoms with Gasteiger partial charge in [-0.2, -0.15) is 5.26 Å². The Morgan fingerprint density at radius 2 is 2.04 bits per heavy atom. The average molecular weight is 362 g/mol. The number of nitriles is 1. The first-order chi connectivity index (χ1) is 10.2. The van der Waals surface area contributed by atoms with E-state index in [4.69, 9.17) is 5.26 Å². The Labute approximate surface area is 148 Å². The maximum absolute atomic E-state index is 13.6. The zero-order valence-corrected chi connectivity index (χ0v) is 14.4. The van der Waals surface area contributed by atoms with E-state index in [1.54, 1.807) is 12.1 Å². The topological polar surface area (TPSA) is 59.3 Å². The number of phenols is 1. The van der Waals surface area contributed by atoms with Gasteiger partial charge in [0.15, 0.2) is 0 Å². The fourth-order valence-corrected chi connectivity index (χ4v) is 2.76. The van der Waals surface area contributed by atoms with E-state index in [1.807, 2.05) is 6.08 Å². The number of nitrogens with zero attached hydrogens (tertiary/aromatic N) is 2. The Morgan fingerprint density at radius 3 is 2.61 bits per heavy atom. The van der Waals surface area contributed by atoms with Gasteiger partial charge < -0.3 is 10.4 Å². The van der Waals surface area contributed by atoms with E-state index in [9.17, 15) is 9.50 Å². The summed E-state index contributed by atoms with van der Waals surface area (Å²) in [4.78, 5) is 2.26. The lowest BCUT2D eigenvalue weighted by molar-refractivity contribution is 0.163. The number of phenolic OH excluding ortho intramolecular Hbond substituents is 1. The molecule has 0 radical (unpaired) electrons. The monoisotopic (exact) mass is 361 g/mol. The van der Waals surface area contributed by atoms with Crippen LogP contribution in [-0.4, -0.2) is 36.2 Å². The van der Waals surface area contributed by atoms with Crippen molar-refractivity contribution in [3.63, 3.8) is 0 Å². The molecule has 2 N–H and O–H groups in total. The van der Waals surface area contributed by atoms with Crippen molar-refractivity contribution in [1.82, 2.24) is 10.2 Å². The van der Waals surface area contributed by atoms with Crippen LogP contribution in [0.4, 0.5) is 4.39 Å². The van der Waals surface area contributed by atoms with Crippen molar-refractivity contribution in [3.05, 3.63) is 41.7 Å². The Kier molecular flexibility index (Phi) is 9.85. The highest BCUT2D eigenvalue weighted by atomic mass is 35.5. The van der Waals surface area contributed by atoms with Crippen LogP contribution in [0.2, 0.25) is 0 Å². The van der Waals surface area contributed by atoms with Crippen LogP contribution in [0.15, 0.2) is 24.8 Å². The second-order valence-electron chi connectivity index (χ2n) is 5.14. The molecule has 1 aromatic carbocycles. The van der Waals surface area contributed by atoms with Crippen molar-refractivity contribution >= 4 is 24.8 Å². The summed E-state index contributed by atoms with van der Waals surface area (Å²) in [6.45, 7) is 7.23. The zero-order chi connectivity index (χ0) is 15.2. The molecule has 0 saturated carbocycles. The Bertz CT molecular complexity index is 557. The van der Waals surface area contributed by atoms with Gasteiger partial charge >= 0.3 is 0 Å². The number of benzene rings is 1. The van der Waals surface area contributed by atoms with Crippen LogP contribution in [0.1, 0.15) is 30.0 Å². The van der Waals surface area contributed by atoms with E-state index in [0.717, 1.165) is 39.0 Å². The van der Waals surface area contributed by atoms with Crippen molar-refractivity contribution in [2.75, 3.05) is 26.2 Å². The van der Waals surface area contributed by atoms with Crippen molar-refractivity contribution in [2.24, 2.45) is 0 Å². The lowest BCUT2D eigenvalue weighted by Crippen LogP contribution is -2.45. The Morgan fingerprint density at radius 1 is 1.39 bits per heavy atom. The molecule has 1 aromatic rings. The third-order valence-electron chi connectivity index (χ3n) is 3.87. The van der Waals surface area contributed by atoms with Gasteiger partial charge in [0.05, 0.1) is 0 Å². The van der Waals surface area contributed by atoms with Crippen LogP contribution < -0.4 is 5.32 Å². The molecule has 23 heavy (non-hydrogen) atoms. The number of piperazine rings is 1. The molecule has 4 nitrogen and oxygen atoms in total. The predicted molar refractivity (Wildman–Crippen MR) is 93.9 cm³/mol. The van der Waals surface area contributed by atoms with Gasteiger partial charge in [-0.25, -0.2) is 4.39 Å². The fraction of sp³-hybridized carbons (Fsp3) is 0.438. The number of hydrogen-bond donors (Lipinski definition) is 2. The Hall–Kier alpha value is -1.32. The van der Waals surface area contributed by atoms with Crippen LogP contribution in [-0.2, 0) is 0 Å². The van der Waals surface area contributed by atoms with Gasteiger partial charge in [0.2, 0.25) is 0 Å². The molecule has 2 rings (SSSR count). The van der Waals surface area contributed by atoms with Crippen molar-refractivity contribution in [1.29, 1.82) is 5.26 Å². The zero-order valence-electron chi connectivity index (χ0n) is 12.8. The maximum Gasteiger partial charge on any atom is 0.144 e. The fourth-order valence-electron chi connectivity index (χ4n) is 2.76. The number of allylic oxidation sites excluding steroid dienone is 1. The van der Waals surface area contributed by atoms with Gasteiger partial charge in [-0.05, 0) is 18.9 Å². The van der Waals surface area contributed by atoms with Crippen LogP contribution in [0.5, 0.6) is 5.75 Å². The molecule has 0 spiro atoms. The first kappa shape index (κ1) is 21.7. The third-order valence-corrected chi connectivity index (χ3v) is 3.87.